The molecule has 0 atom stereocenters. The summed E-state index contributed by atoms with van der Waals surface area (Å²) < 4.78 is 26.7. The zero-order valence-corrected chi connectivity index (χ0v) is 14.8. The van der Waals surface area contributed by atoms with Gasteiger partial charge in [-0.05, 0) is 43.2 Å². The summed E-state index contributed by atoms with van der Waals surface area (Å²) in [4.78, 5) is 0. The summed E-state index contributed by atoms with van der Waals surface area (Å²) in [6.07, 6.45) is 1.59. The zero-order chi connectivity index (χ0) is 16.9. The molecule has 0 fully saturated rings. The Hall–Kier alpha value is -1.62. The maximum absolute atomic E-state index is 12.6. The molecule has 0 unspecified atom stereocenters. The van der Waals surface area contributed by atoms with Gasteiger partial charge in [-0.1, -0.05) is 54.1 Å². The molecule has 0 heterocycles. The molecule has 2 aromatic carbocycles. The van der Waals surface area contributed by atoms with Crippen LogP contribution in [0.5, 0.6) is 0 Å². The van der Waals surface area contributed by atoms with Crippen molar-refractivity contribution in [3.05, 3.63) is 76.2 Å². The summed E-state index contributed by atoms with van der Waals surface area (Å²) in [6, 6.07) is 16.5. The average molecular weight is 350 g/mol. The normalized spacial score (nSPS) is 12.4. The number of hydrogen-bond acceptors (Lipinski definition) is 2. The van der Waals surface area contributed by atoms with Crippen LogP contribution in [-0.4, -0.2) is 18.8 Å². The van der Waals surface area contributed by atoms with Crippen molar-refractivity contribution in [2.24, 2.45) is 0 Å². The van der Waals surface area contributed by atoms with Crippen LogP contribution in [0.4, 0.5) is 0 Å². The fraction of sp³-hybridized carbons (Fsp3) is 0.222. The molecule has 0 saturated heterocycles. The molecule has 0 bridgehead atoms. The van der Waals surface area contributed by atoms with Crippen molar-refractivity contribution in [3.8, 4) is 0 Å². The van der Waals surface area contributed by atoms with Crippen molar-refractivity contribution >= 4 is 27.7 Å². The largest absolute Gasteiger partial charge is 0.236 e. The van der Waals surface area contributed by atoms with Gasteiger partial charge in [-0.15, -0.1) is 0 Å². The van der Waals surface area contributed by atoms with Crippen LogP contribution in [0.2, 0.25) is 5.02 Å². The van der Waals surface area contributed by atoms with Crippen LogP contribution < -0.4 is 0 Å². The van der Waals surface area contributed by atoms with E-state index in [-0.39, 0.29) is 6.04 Å². The van der Waals surface area contributed by atoms with Gasteiger partial charge in [0.25, 0.3) is 0 Å². The first-order chi connectivity index (χ1) is 10.9. The van der Waals surface area contributed by atoms with Crippen LogP contribution in [-0.2, 0) is 16.6 Å². The predicted octanol–water partition coefficient (Wildman–Crippen LogP) is 4.55. The lowest BCUT2D eigenvalue weighted by Crippen LogP contribution is -2.35. The maximum Gasteiger partial charge on any atom is 0.236 e. The SMILES string of the molecule is CC(C)N(Cc1ccccc1)S(=O)(=O)/C=C/c1ccc(Cl)cc1. The second-order valence-electron chi connectivity index (χ2n) is 5.52. The third-order valence-corrected chi connectivity index (χ3v) is 5.32. The molecule has 0 saturated carbocycles. The Kier molecular flexibility index (Phi) is 5.99. The first-order valence-electron chi connectivity index (χ1n) is 7.38. The topological polar surface area (TPSA) is 37.4 Å². The minimum Gasteiger partial charge on any atom is -0.207 e. The van der Waals surface area contributed by atoms with Crippen molar-refractivity contribution in [1.29, 1.82) is 0 Å². The van der Waals surface area contributed by atoms with Crippen LogP contribution in [0.1, 0.15) is 25.0 Å². The molecule has 0 aliphatic rings. The van der Waals surface area contributed by atoms with E-state index >= 15 is 0 Å². The van der Waals surface area contributed by atoms with E-state index in [0.717, 1.165) is 11.1 Å². The van der Waals surface area contributed by atoms with Gasteiger partial charge in [-0.3, -0.25) is 0 Å². The van der Waals surface area contributed by atoms with Gasteiger partial charge in [0, 0.05) is 23.0 Å². The van der Waals surface area contributed by atoms with Crippen molar-refractivity contribution in [2.45, 2.75) is 26.4 Å². The zero-order valence-electron chi connectivity index (χ0n) is 13.2. The molecule has 0 aliphatic heterocycles. The van der Waals surface area contributed by atoms with E-state index in [9.17, 15) is 8.42 Å². The first kappa shape index (κ1) is 17.7. The molecule has 0 N–H and O–H groups in total. The minimum absolute atomic E-state index is 0.130. The summed E-state index contributed by atoms with van der Waals surface area (Å²) >= 11 is 5.83. The molecule has 23 heavy (non-hydrogen) atoms. The van der Waals surface area contributed by atoms with Crippen molar-refractivity contribution in [1.82, 2.24) is 4.31 Å². The smallest absolute Gasteiger partial charge is 0.207 e. The average Bonchev–Trinajstić information content (AvgIpc) is 2.53. The summed E-state index contributed by atoms with van der Waals surface area (Å²) in [5.41, 5.74) is 1.76. The summed E-state index contributed by atoms with van der Waals surface area (Å²) in [5, 5.41) is 1.87. The maximum atomic E-state index is 12.6. The van der Waals surface area contributed by atoms with Crippen LogP contribution in [0.15, 0.2) is 60.0 Å². The lowest BCUT2D eigenvalue weighted by Gasteiger charge is -2.24. The Bertz CT molecular complexity index is 753. The first-order valence-corrected chi connectivity index (χ1v) is 9.26. The molecule has 0 amide bonds. The van der Waals surface area contributed by atoms with Gasteiger partial charge in [-0.2, -0.15) is 4.31 Å². The van der Waals surface area contributed by atoms with Crippen molar-refractivity contribution in [3.63, 3.8) is 0 Å². The molecule has 2 aromatic rings. The highest BCUT2D eigenvalue weighted by atomic mass is 35.5. The van der Waals surface area contributed by atoms with E-state index in [1.165, 1.54) is 9.71 Å². The number of rotatable bonds is 6. The Morgan fingerprint density at radius 3 is 2.22 bits per heavy atom. The number of halogens is 1. The highest BCUT2D eigenvalue weighted by molar-refractivity contribution is 7.92. The van der Waals surface area contributed by atoms with Crippen molar-refractivity contribution < 1.29 is 8.42 Å². The Morgan fingerprint density at radius 1 is 1.04 bits per heavy atom. The lowest BCUT2D eigenvalue weighted by atomic mass is 10.2. The van der Waals surface area contributed by atoms with Crippen molar-refractivity contribution in [2.75, 3.05) is 0 Å². The highest BCUT2D eigenvalue weighted by Gasteiger charge is 2.22. The third kappa shape index (κ3) is 5.20. The molecule has 0 radical (unpaired) electrons. The van der Waals surface area contributed by atoms with Gasteiger partial charge in [0.2, 0.25) is 10.0 Å². The van der Waals surface area contributed by atoms with Crippen LogP contribution >= 0.6 is 11.6 Å². The van der Waals surface area contributed by atoms with Gasteiger partial charge in [0.1, 0.15) is 0 Å². The monoisotopic (exact) mass is 349 g/mol. The van der Waals surface area contributed by atoms with Gasteiger partial charge in [-0.25, -0.2) is 8.42 Å². The molecule has 122 valence electrons. The van der Waals surface area contributed by atoms with Crippen LogP contribution in [0, 0.1) is 0 Å². The number of hydrogen-bond donors (Lipinski definition) is 0. The van der Waals surface area contributed by atoms with E-state index in [1.807, 2.05) is 44.2 Å². The van der Waals surface area contributed by atoms with E-state index in [0.29, 0.717) is 11.6 Å². The number of benzene rings is 2. The molecular weight excluding hydrogens is 330 g/mol. The van der Waals surface area contributed by atoms with E-state index in [4.69, 9.17) is 11.6 Å². The molecule has 2 rings (SSSR count). The molecule has 5 heteroatoms. The molecular formula is C18H20ClNO2S. The predicted molar refractivity (Wildman–Crippen MR) is 96.5 cm³/mol. The lowest BCUT2D eigenvalue weighted by molar-refractivity contribution is 0.353. The van der Waals surface area contributed by atoms with E-state index in [1.54, 1.807) is 30.3 Å². The quantitative estimate of drug-likeness (QED) is 0.767. The molecule has 0 spiro atoms. The molecule has 3 nitrogen and oxygen atoms in total. The Labute approximate surface area is 143 Å². The van der Waals surface area contributed by atoms with Gasteiger partial charge in [0.05, 0.1) is 0 Å². The molecule has 0 aromatic heterocycles. The van der Waals surface area contributed by atoms with E-state index in [2.05, 4.69) is 0 Å². The fourth-order valence-electron chi connectivity index (χ4n) is 2.15. The van der Waals surface area contributed by atoms with E-state index < -0.39 is 10.0 Å². The van der Waals surface area contributed by atoms with Gasteiger partial charge >= 0.3 is 0 Å². The second kappa shape index (κ2) is 7.77. The fourth-order valence-corrected chi connectivity index (χ4v) is 3.67. The minimum atomic E-state index is -3.51. The Morgan fingerprint density at radius 2 is 1.65 bits per heavy atom. The standard InChI is InChI=1S/C18H20ClNO2S/c1-15(2)20(14-17-6-4-3-5-7-17)23(21,22)13-12-16-8-10-18(19)11-9-16/h3-13,15H,14H2,1-2H3/b13-12+. The van der Waals surface area contributed by atoms with Crippen LogP contribution in [0.25, 0.3) is 6.08 Å². The number of sulfonamides is 1. The summed E-state index contributed by atoms with van der Waals surface area (Å²) in [7, 11) is -3.51. The van der Waals surface area contributed by atoms with Gasteiger partial charge in [0.15, 0.2) is 0 Å². The van der Waals surface area contributed by atoms with Gasteiger partial charge < -0.3 is 0 Å². The Balaban J connectivity index is 2.21. The highest BCUT2D eigenvalue weighted by Crippen LogP contribution is 2.17. The van der Waals surface area contributed by atoms with Crippen LogP contribution in [0.3, 0.4) is 0 Å². The third-order valence-electron chi connectivity index (χ3n) is 3.39. The second-order valence-corrected chi connectivity index (χ2v) is 7.73. The summed E-state index contributed by atoms with van der Waals surface area (Å²) in [5.74, 6) is 0. The summed E-state index contributed by atoms with van der Waals surface area (Å²) in [6.45, 7) is 4.10. The number of nitrogens with zero attached hydrogens (tertiary/aromatic N) is 1. The molecule has 0 aliphatic carbocycles.